The van der Waals surface area contributed by atoms with Gasteiger partial charge in [0.05, 0.1) is 6.07 Å². The molecule has 1 atom stereocenters. The van der Waals surface area contributed by atoms with Crippen molar-refractivity contribution < 1.29 is 4.39 Å². The number of hydrogen-bond donors (Lipinski definition) is 1. The van der Waals surface area contributed by atoms with Crippen molar-refractivity contribution >= 4 is 17.3 Å². The van der Waals surface area contributed by atoms with E-state index in [1.165, 1.54) is 12.1 Å². The quantitative estimate of drug-likeness (QED) is 0.900. The summed E-state index contributed by atoms with van der Waals surface area (Å²) in [6.07, 6.45) is 0. The Hall–Kier alpha value is -2.05. The van der Waals surface area contributed by atoms with Crippen molar-refractivity contribution in [3.05, 3.63) is 64.9 Å². The molecule has 0 saturated heterocycles. The first-order chi connectivity index (χ1) is 8.69. The third-order valence-corrected chi connectivity index (χ3v) is 2.74. The van der Waals surface area contributed by atoms with E-state index in [9.17, 15) is 4.39 Å². The number of nitriles is 1. The zero-order valence-corrected chi connectivity index (χ0v) is 10.2. The molecular weight excluding hydrogens is 251 g/mol. The highest BCUT2D eigenvalue weighted by Crippen LogP contribution is 2.21. The Morgan fingerprint density at radius 3 is 2.22 bits per heavy atom. The molecule has 1 unspecified atom stereocenters. The monoisotopic (exact) mass is 260 g/mol. The molecule has 2 aromatic rings. The van der Waals surface area contributed by atoms with Crippen LogP contribution in [0.4, 0.5) is 10.1 Å². The highest BCUT2D eigenvalue weighted by atomic mass is 35.5. The molecule has 18 heavy (non-hydrogen) atoms. The van der Waals surface area contributed by atoms with E-state index < -0.39 is 6.04 Å². The van der Waals surface area contributed by atoms with Crippen LogP contribution in [0.15, 0.2) is 48.5 Å². The minimum Gasteiger partial charge on any atom is -0.366 e. The fourth-order valence-corrected chi connectivity index (χ4v) is 1.68. The Labute approximate surface area is 110 Å². The second-order valence-electron chi connectivity index (χ2n) is 3.76. The largest absolute Gasteiger partial charge is 0.366 e. The predicted molar refractivity (Wildman–Crippen MR) is 69.8 cm³/mol. The van der Waals surface area contributed by atoms with Gasteiger partial charge in [0.25, 0.3) is 0 Å². The van der Waals surface area contributed by atoms with Gasteiger partial charge in [-0.2, -0.15) is 5.26 Å². The van der Waals surface area contributed by atoms with Gasteiger partial charge in [-0.15, -0.1) is 0 Å². The van der Waals surface area contributed by atoms with Crippen molar-refractivity contribution in [1.29, 1.82) is 5.26 Å². The Kier molecular flexibility index (Phi) is 3.81. The van der Waals surface area contributed by atoms with E-state index >= 15 is 0 Å². The molecular formula is C14H10ClFN2. The summed E-state index contributed by atoms with van der Waals surface area (Å²) in [5, 5.41) is 12.8. The van der Waals surface area contributed by atoms with Gasteiger partial charge in [-0.1, -0.05) is 23.7 Å². The van der Waals surface area contributed by atoms with Gasteiger partial charge >= 0.3 is 0 Å². The molecule has 2 rings (SSSR count). The highest BCUT2D eigenvalue weighted by molar-refractivity contribution is 6.30. The first kappa shape index (κ1) is 12.4. The van der Waals surface area contributed by atoms with Gasteiger partial charge in [0.2, 0.25) is 0 Å². The lowest BCUT2D eigenvalue weighted by atomic mass is 10.1. The Morgan fingerprint density at radius 2 is 1.67 bits per heavy atom. The van der Waals surface area contributed by atoms with Crippen LogP contribution in [-0.2, 0) is 0 Å². The average Bonchev–Trinajstić information content (AvgIpc) is 2.39. The van der Waals surface area contributed by atoms with E-state index in [0.717, 1.165) is 5.56 Å². The van der Waals surface area contributed by atoms with Gasteiger partial charge in [0, 0.05) is 10.7 Å². The summed E-state index contributed by atoms with van der Waals surface area (Å²) < 4.78 is 12.8. The molecule has 0 radical (unpaired) electrons. The fourth-order valence-electron chi connectivity index (χ4n) is 1.56. The standard InChI is InChI=1S/C14H10ClFN2/c15-11-3-1-10(2-4-11)14(9-17)18-13-7-5-12(16)6-8-13/h1-8,14,18H. The van der Waals surface area contributed by atoms with Crippen molar-refractivity contribution in [2.24, 2.45) is 0 Å². The molecule has 0 saturated carbocycles. The van der Waals surface area contributed by atoms with E-state index in [1.54, 1.807) is 36.4 Å². The molecule has 2 aromatic carbocycles. The van der Waals surface area contributed by atoms with Crippen LogP contribution in [0, 0.1) is 17.1 Å². The minimum absolute atomic E-state index is 0.305. The number of rotatable bonds is 3. The summed E-state index contributed by atoms with van der Waals surface area (Å²) in [4.78, 5) is 0. The molecule has 0 aliphatic heterocycles. The lowest BCUT2D eigenvalue weighted by Crippen LogP contribution is -2.08. The molecule has 0 aliphatic carbocycles. The summed E-state index contributed by atoms with van der Waals surface area (Å²) in [6, 6.07) is 14.6. The van der Waals surface area contributed by atoms with Crippen molar-refractivity contribution in [1.82, 2.24) is 0 Å². The van der Waals surface area contributed by atoms with Crippen molar-refractivity contribution in [2.75, 3.05) is 5.32 Å². The van der Waals surface area contributed by atoms with Crippen LogP contribution < -0.4 is 5.32 Å². The van der Waals surface area contributed by atoms with E-state index in [0.29, 0.717) is 10.7 Å². The maximum atomic E-state index is 12.8. The normalized spacial score (nSPS) is 11.6. The van der Waals surface area contributed by atoms with Crippen LogP contribution in [0.2, 0.25) is 5.02 Å². The third-order valence-electron chi connectivity index (χ3n) is 2.49. The molecule has 0 spiro atoms. The van der Waals surface area contributed by atoms with Crippen LogP contribution >= 0.6 is 11.6 Å². The second kappa shape index (κ2) is 5.52. The van der Waals surface area contributed by atoms with Crippen LogP contribution in [0.3, 0.4) is 0 Å². The van der Waals surface area contributed by atoms with Gasteiger partial charge in [-0.05, 0) is 42.0 Å². The van der Waals surface area contributed by atoms with Gasteiger partial charge in [-0.25, -0.2) is 4.39 Å². The van der Waals surface area contributed by atoms with E-state index in [2.05, 4.69) is 11.4 Å². The number of benzene rings is 2. The molecule has 0 aromatic heterocycles. The Morgan fingerprint density at radius 1 is 1.06 bits per heavy atom. The summed E-state index contributed by atoms with van der Waals surface area (Å²) >= 11 is 5.79. The molecule has 0 fully saturated rings. The number of nitrogens with one attached hydrogen (secondary N) is 1. The zero-order chi connectivity index (χ0) is 13.0. The van der Waals surface area contributed by atoms with E-state index in [-0.39, 0.29) is 5.82 Å². The molecule has 0 aliphatic rings. The van der Waals surface area contributed by atoms with Crippen LogP contribution in [0.25, 0.3) is 0 Å². The van der Waals surface area contributed by atoms with Gasteiger partial charge in [-0.3, -0.25) is 0 Å². The summed E-state index contributed by atoms with van der Waals surface area (Å²) in [5.74, 6) is -0.305. The first-order valence-corrected chi connectivity index (χ1v) is 5.74. The van der Waals surface area contributed by atoms with E-state index in [4.69, 9.17) is 16.9 Å². The van der Waals surface area contributed by atoms with Crippen LogP contribution in [0.5, 0.6) is 0 Å². The average molecular weight is 261 g/mol. The van der Waals surface area contributed by atoms with Crippen molar-refractivity contribution in [3.8, 4) is 6.07 Å². The highest BCUT2D eigenvalue weighted by Gasteiger charge is 2.09. The van der Waals surface area contributed by atoms with Crippen LogP contribution in [0.1, 0.15) is 11.6 Å². The number of anilines is 1. The van der Waals surface area contributed by atoms with E-state index in [1.807, 2.05) is 0 Å². The molecule has 0 heterocycles. The molecule has 1 N–H and O–H groups in total. The zero-order valence-electron chi connectivity index (χ0n) is 9.40. The van der Waals surface area contributed by atoms with Gasteiger partial charge in [0.15, 0.2) is 0 Å². The minimum atomic E-state index is -0.493. The lowest BCUT2D eigenvalue weighted by Gasteiger charge is -2.13. The predicted octanol–water partition coefficient (Wildman–Crippen LogP) is 4.16. The second-order valence-corrected chi connectivity index (χ2v) is 4.20. The Bertz CT molecular complexity index is 558. The molecule has 0 bridgehead atoms. The number of nitrogens with zero attached hydrogens (tertiary/aromatic N) is 1. The molecule has 90 valence electrons. The maximum Gasteiger partial charge on any atom is 0.140 e. The summed E-state index contributed by atoms with van der Waals surface area (Å²) in [6.45, 7) is 0. The smallest absolute Gasteiger partial charge is 0.140 e. The molecule has 4 heteroatoms. The van der Waals surface area contributed by atoms with Gasteiger partial charge < -0.3 is 5.32 Å². The summed E-state index contributed by atoms with van der Waals surface area (Å²) in [7, 11) is 0. The topological polar surface area (TPSA) is 35.8 Å². The molecule has 2 nitrogen and oxygen atoms in total. The molecule has 0 amide bonds. The first-order valence-electron chi connectivity index (χ1n) is 5.36. The number of hydrogen-bond acceptors (Lipinski definition) is 2. The maximum absolute atomic E-state index is 12.8. The number of halogens is 2. The Balaban J connectivity index is 2.17. The lowest BCUT2D eigenvalue weighted by molar-refractivity contribution is 0.628. The van der Waals surface area contributed by atoms with Gasteiger partial charge in [0.1, 0.15) is 11.9 Å². The fraction of sp³-hybridized carbons (Fsp3) is 0.0714. The SMILES string of the molecule is N#CC(Nc1ccc(F)cc1)c1ccc(Cl)cc1. The van der Waals surface area contributed by atoms with Crippen molar-refractivity contribution in [2.45, 2.75) is 6.04 Å². The van der Waals surface area contributed by atoms with Crippen molar-refractivity contribution in [3.63, 3.8) is 0 Å². The third kappa shape index (κ3) is 2.99. The van der Waals surface area contributed by atoms with Crippen LogP contribution in [-0.4, -0.2) is 0 Å². The summed E-state index contributed by atoms with van der Waals surface area (Å²) in [5.41, 5.74) is 1.50.